The number of carbonyl (C=O) groups is 1. The molecule has 58 valence electrons. The Hall–Kier alpha value is -0.530. The van der Waals surface area contributed by atoms with Gasteiger partial charge in [-0.25, -0.2) is 0 Å². The summed E-state index contributed by atoms with van der Waals surface area (Å²) >= 11 is 0. The molecule has 1 heterocycles. The van der Waals surface area contributed by atoms with Crippen LogP contribution in [0.2, 0.25) is 0 Å². The van der Waals surface area contributed by atoms with Gasteiger partial charge < -0.3 is 4.74 Å². The molecule has 0 amide bonds. The van der Waals surface area contributed by atoms with E-state index in [0.717, 1.165) is 12.8 Å². The smallest absolute Gasteiger partial charge is 0.306 e. The Labute approximate surface area is 61.6 Å². The third kappa shape index (κ3) is 1.49. The Balaban J connectivity index is 2.53. The minimum atomic E-state index is -0.0319. The van der Waals surface area contributed by atoms with E-state index in [1.165, 1.54) is 0 Å². The summed E-state index contributed by atoms with van der Waals surface area (Å²) in [6.45, 7) is 4.88. The Morgan fingerprint density at radius 1 is 1.70 bits per heavy atom. The van der Waals surface area contributed by atoms with Gasteiger partial charge in [-0.2, -0.15) is 0 Å². The standard InChI is InChI=1S/C8H14O2/c1-3-8(2)4-5-10-7(9)6-8/h3-6H2,1-2H3/t8-/m0/s1. The molecule has 0 aromatic rings. The lowest BCUT2D eigenvalue weighted by atomic mass is 9.80. The van der Waals surface area contributed by atoms with E-state index >= 15 is 0 Å². The van der Waals surface area contributed by atoms with E-state index in [1.807, 2.05) is 0 Å². The van der Waals surface area contributed by atoms with E-state index in [4.69, 9.17) is 4.74 Å². The van der Waals surface area contributed by atoms with Crippen LogP contribution < -0.4 is 0 Å². The molecule has 0 bridgehead atoms. The van der Waals surface area contributed by atoms with E-state index in [0.29, 0.717) is 13.0 Å². The molecule has 1 aliphatic heterocycles. The van der Waals surface area contributed by atoms with Gasteiger partial charge in [-0.15, -0.1) is 0 Å². The SMILES string of the molecule is CC[C@@]1(C)CCOC(=O)C1. The summed E-state index contributed by atoms with van der Waals surface area (Å²) in [4.78, 5) is 10.8. The number of cyclic esters (lactones) is 1. The first-order valence-electron chi connectivity index (χ1n) is 3.82. The maximum atomic E-state index is 10.8. The molecule has 1 rings (SSSR count). The second-order valence-corrected chi connectivity index (χ2v) is 3.31. The largest absolute Gasteiger partial charge is 0.466 e. The average Bonchev–Trinajstić information content (AvgIpc) is 1.88. The monoisotopic (exact) mass is 142 g/mol. The van der Waals surface area contributed by atoms with Gasteiger partial charge in [0.2, 0.25) is 0 Å². The highest BCUT2D eigenvalue weighted by Gasteiger charge is 2.30. The van der Waals surface area contributed by atoms with Gasteiger partial charge >= 0.3 is 5.97 Å². The van der Waals surface area contributed by atoms with Gasteiger partial charge in [0.15, 0.2) is 0 Å². The maximum absolute atomic E-state index is 10.8. The molecular formula is C8H14O2. The Kier molecular flexibility index (Phi) is 1.97. The summed E-state index contributed by atoms with van der Waals surface area (Å²) in [5.74, 6) is -0.0319. The number of esters is 1. The van der Waals surface area contributed by atoms with E-state index in [1.54, 1.807) is 0 Å². The zero-order valence-corrected chi connectivity index (χ0v) is 6.64. The van der Waals surface area contributed by atoms with Crippen LogP contribution in [0.15, 0.2) is 0 Å². The van der Waals surface area contributed by atoms with Gasteiger partial charge in [0.05, 0.1) is 13.0 Å². The van der Waals surface area contributed by atoms with Crippen LogP contribution in [0.25, 0.3) is 0 Å². The van der Waals surface area contributed by atoms with Crippen molar-refractivity contribution in [3.8, 4) is 0 Å². The zero-order valence-electron chi connectivity index (χ0n) is 6.64. The Bertz CT molecular complexity index is 142. The summed E-state index contributed by atoms with van der Waals surface area (Å²) in [5.41, 5.74) is 0.218. The summed E-state index contributed by atoms with van der Waals surface area (Å²) in [5, 5.41) is 0. The third-order valence-electron chi connectivity index (χ3n) is 2.39. The van der Waals surface area contributed by atoms with Crippen molar-refractivity contribution in [2.24, 2.45) is 5.41 Å². The van der Waals surface area contributed by atoms with Crippen LogP contribution in [0.1, 0.15) is 33.1 Å². The Morgan fingerprint density at radius 2 is 2.40 bits per heavy atom. The van der Waals surface area contributed by atoms with Crippen molar-refractivity contribution in [1.82, 2.24) is 0 Å². The van der Waals surface area contributed by atoms with Crippen molar-refractivity contribution in [2.75, 3.05) is 6.61 Å². The normalized spacial score (nSPS) is 33.6. The highest BCUT2D eigenvalue weighted by Crippen LogP contribution is 2.33. The molecule has 1 atom stereocenters. The maximum Gasteiger partial charge on any atom is 0.306 e. The first-order valence-corrected chi connectivity index (χ1v) is 3.82. The fourth-order valence-electron chi connectivity index (χ4n) is 1.20. The molecule has 0 N–H and O–H groups in total. The van der Waals surface area contributed by atoms with Crippen molar-refractivity contribution in [3.05, 3.63) is 0 Å². The lowest BCUT2D eigenvalue weighted by Gasteiger charge is -2.30. The molecule has 2 nitrogen and oxygen atoms in total. The molecule has 0 spiro atoms. The van der Waals surface area contributed by atoms with E-state index < -0.39 is 0 Å². The predicted octanol–water partition coefficient (Wildman–Crippen LogP) is 1.74. The highest BCUT2D eigenvalue weighted by atomic mass is 16.5. The summed E-state index contributed by atoms with van der Waals surface area (Å²) in [6, 6.07) is 0. The molecule has 0 saturated carbocycles. The molecule has 1 saturated heterocycles. The lowest BCUT2D eigenvalue weighted by molar-refractivity contribution is -0.152. The number of rotatable bonds is 1. The average molecular weight is 142 g/mol. The molecule has 0 aromatic carbocycles. The van der Waals surface area contributed by atoms with E-state index in [9.17, 15) is 4.79 Å². The second-order valence-electron chi connectivity index (χ2n) is 3.31. The molecule has 0 aliphatic carbocycles. The summed E-state index contributed by atoms with van der Waals surface area (Å²) in [7, 11) is 0. The molecule has 2 heteroatoms. The molecule has 10 heavy (non-hydrogen) atoms. The fourth-order valence-corrected chi connectivity index (χ4v) is 1.20. The van der Waals surface area contributed by atoms with Gasteiger partial charge in [0.1, 0.15) is 0 Å². The third-order valence-corrected chi connectivity index (χ3v) is 2.39. The van der Waals surface area contributed by atoms with Gasteiger partial charge in [0, 0.05) is 0 Å². The van der Waals surface area contributed by atoms with E-state index in [-0.39, 0.29) is 11.4 Å². The summed E-state index contributed by atoms with van der Waals surface area (Å²) < 4.78 is 4.84. The van der Waals surface area contributed by atoms with Crippen molar-refractivity contribution < 1.29 is 9.53 Å². The van der Waals surface area contributed by atoms with Gasteiger partial charge in [-0.1, -0.05) is 20.3 Å². The van der Waals surface area contributed by atoms with Crippen molar-refractivity contribution in [1.29, 1.82) is 0 Å². The topological polar surface area (TPSA) is 26.3 Å². The Morgan fingerprint density at radius 3 is 2.80 bits per heavy atom. The van der Waals surface area contributed by atoms with Crippen LogP contribution in [0, 0.1) is 5.41 Å². The minimum Gasteiger partial charge on any atom is -0.466 e. The molecule has 1 fully saturated rings. The minimum absolute atomic E-state index is 0.0319. The molecule has 1 aliphatic rings. The van der Waals surface area contributed by atoms with Crippen LogP contribution in [-0.4, -0.2) is 12.6 Å². The van der Waals surface area contributed by atoms with Crippen molar-refractivity contribution in [2.45, 2.75) is 33.1 Å². The quantitative estimate of drug-likeness (QED) is 0.521. The number of hydrogen-bond donors (Lipinski definition) is 0. The van der Waals surface area contributed by atoms with Crippen LogP contribution in [-0.2, 0) is 9.53 Å². The predicted molar refractivity (Wildman–Crippen MR) is 38.6 cm³/mol. The lowest BCUT2D eigenvalue weighted by Crippen LogP contribution is -2.29. The van der Waals surface area contributed by atoms with Crippen LogP contribution >= 0.6 is 0 Å². The highest BCUT2D eigenvalue weighted by molar-refractivity contribution is 5.70. The molecule has 0 unspecified atom stereocenters. The van der Waals surface area contributed by atoms with Gasteiger partial charge in [0.25, 0.3) is 0 Å². The fraction of sp³-hybridized carbons (Fsp3) is 0.875. The number of hydrogen-bond acceptors (Lipinski definition) is 2. The summed E-state index contributed by atoms with van der Waals surface area (Å²) in [6.07, 6.45) is 2.70. The van der Waals surface area contributed by atoms with Crippen LogP contribution in [0.5, 0.6) is 0 Å². The van der Waals surface area contributed by atoms with Gasteiger partial charge in [-0.3, -0.25) is 4.79 Å². The second kappa shape index (κ2) is 2.60. The molecular weight excluding hydrogens is 128 g/mol. The van der Waals surface area contributed by atoms with Crippen molar-refractivity contribution in [3.63, 3.8) is 0 Å². The molecule has 0 radical (unpaired) electrons. The first-order chi connectivity index (χ1) is 4.66. The first kappa shape index (κ1) is 7.58. The van der Waals surface area contributed by atoms with Crippen molar-refractivity contribution >= 4 is 5.97 Å². The zero-order chi connectivity index (χ0) is 7.61. The van der Waals surface area contributed by atoms with Crippen LogP contribution in [0.3, 0.4) is 0 Å². The van der Waals surface area contributed by atoms with Gasteiger partial charge in [-0.05, 0) is 11.8 Å². The molecule has 0 aromatic heterocycles. The van der Waals surface area contributed by atoms with E-state index in [2.05, 4.69) is 13.8 Å². The number of ether oxygens (including phenoxy) is 1. The number of carbonyl (C=O) groups excluding carboxylic acids is 1. The van der Waals surface area contributed by atoms with Crippen LogP contribution in [0.4, 0.5) is 0 Å².